The van der Waals surface area contributed by atoms with Crippen LogP contribution in [-0.4, -0.2) is 22.8 Å². The maximum Gasteiger partial charge on any atom is 0.344 e. The van der Waals surface area contributed by atoms with Crippen molar-refractivity contribution >= 4 is 21.9 Å². The molecule has 0 aliphatic heterocycles. The van der Waals surface area contributed by atoms with E-state index < -0.39 is 5.97 Å². The fourth-order valence-corrected chi connectivity index (χ4v) is 2.27. The van der Waals surface area contributed by atoms with Crippen LogP contribution < -0.4 is 4.74 Å². The smallest absolute Gasteiger partial charge is 0.344 e. The van der Waals surface area contributed by atoms with Gasteiger partial charge in [-0.05, 0) is 30.3 Å². The van der Waals surface area contributed by atoms with Gasteiger partial charge in [-0.15, -0.1) is 10.2 Å². The second kappa shape index (κ2) is 7.74. The molecule has 0 saturated heterocycles. The molecule has 0 saturated carbocycles. The molecule has 0 unspecified atom stereocenters. The van der Waals surface area contributed by atoms with Gasteiger partial charge in [-0.3, -0.25) is 0 Å². The molecule has 1 aromatic heterocycles. The summed E-state index contributed by atoms with van der Waals surface area (Å²) >= 11 is 3.33. The van der Waals surface area contributed by atoms with Crippen molar-refractivity contribution in [1.29, 1.82) is 0 Å². The van der Waals surface area contributed by atoms with Crippen molar-refractivity contribution in [2.75, 3.05) is 6.61 Å². The highest BCUT2D eigenvalue weighted by Gasteiger charge is 2.11. The number of hydrogen-bond donors (Lipinski definition) is 0. The fourth-order valence-electron chi connectivity index (χ4n) is 1.89. The average molecular weight is 389 g/mol. The fraction of sp³-hybridized carbons (Fsp3) is 0.118. The Kier molecular flexibility index (Phi) is 5.22. The lowest BCUT2D eigenvalue weighted by Gasteiger charge is -2.05. The summed E-state index contributed by atoms with van der Waals surface area (Å²) in [7, 11) is 0. The molecule has 0 aliphatic carbocycles. The van der Waals surface area contributed by atoms with E-state index in [0.717, 1.165) is 10.0 Å². The number of nitrogens with zero attached hydrogens (tertiary/aromatic N) is 2. The standard InChI is InChI=1S/C17H13BrN2O4/c18-13-7-4-8-14(9-13)22-11-16(21)23-10-15-19-20-17(24-15)12-5-2-1-3-6-12/h1-9H,10-11H2. The van der Waals surface area contributed by atoms with E-state index in [2.05, 4.69) is 26.1 Å². The number of esters is 1. The van der Waals surface area contributed by atoms with Gasteiger partial charge < -0.3 is 13.9 Å². The van der Waals surface area contributed by atoms with Gasteiger partial charge in [0.25, 0.3) is 5.89 Å². The Morgan fingerprint density at radius 1 is 1.08 bits per heavy atom. The molecule has 0 radical (unpaired) electrons. The number of aromatic nitrogens is 2. The van der Waals surface area contributed by atoms with Crippen LogP contribution in [0.15, 0.2) is 63.5 Å². The van der Waals surface area contributed by atoms with Crippen LogP contribution >= 0.6 is 15.9 Å². The topological polar surface area (TPSA) is 74.5 Å². The number of ether oxygens (including phenoxy) is 2. The summed E-state index contributed by atoms with van der Waals surface area (Å²) in [5.74, 6) is 0.664. The summed E-state index contributed by atoms with van der Waals surface area (Å²) in [5, 5.41) is 7.78. The summed E-state index contributed by atoms with van der Waals surface area (Å²) in [4.78, 5) is 11.7. The number of benzene rings is 2. The number of rotatable bonds is 6. The zero-order chi connectivity index (χ0) is 16.8. The lowest BCUT2D eigenvalue weighted by Crippen LogP contribution is -2.14. The van der Waals surface area contributed by atoms with Crippen LogP contribution in [0.25, 0.3) is 11.5 Å². The number of halogens is 1. The summed E-state index contributed by atoms with van der Waals surface area (Å²) in [5.41, 5.74) is 0.806. The van der Waals surface area contributed by atoms with Gasteiger partial charge in [0.1, 0.15) is 5.75 Å². The van der Waals surface area contributed by atoms with E-state index in [0.29, 0.717) is 11.6 Å². The van der Waals surface area contributed by atoms with Crippen molar-refractivity contribution in [3.05, 3.63) is 65.0 Å². The van der Waals surface area contributed by atoms with Crippen molar-refractivity contribution in [2.24, 2.45) is 0 Å². The highest BCUT2D eigenvalue weighted by molar-refractivity contribution is 9.10. The molecule has 0 spiro atoms. The van der Waals surface area contributed by atoms with Gasteiger partial charge in [-0.1, -0.05) is 40.2 Å². The molecule has 3 aromatic rings. The van der Waals surface area contributed by atoms with Crippen molar-refractivity contribution in [3.63, 3.8) is 0 Å². The van der Waals surface area contributed by atoms with Gasteiger partial charge in [0.05, 0.1) is 0 Å². The second-order valence-electron chi connectivity index (χ2n) is 4.77. The molecule has 3 rings (SSSR count). The summed E-state index contributed by atoms with van der Waals surface area (Å²) < 4.78 is 16.7. The molecule has 24 heavy (non-hydrogen) atoms. The minimum absolute atomic E-state index is 0.0967. The van der Waals surface area contributed by atoms with E-state index in [-0.39, 0.29) is 19.1 Å². The molecule has 122 valence electrons. The van der Waals surface area contributed by atoms with Gasteiger partial charge in [0.2, 0.25) is 5.89 Å². The number of hydrogen-bond acceptors (Lipinski definition) is 6. The number of carbonyl (C=O) groups is 1. The van der Waals surface area contributed by atoms with Crippen molar-refractivity contribution < 1.29 is 18.7 Å². The predicted octanol–water partition coefficient (Wildman–Crippen LogP) is 3.62. The molecule has 1 heterocycles. The molecule has 2 aromatic carbocycles. The third-order valence-corrected chi connectivity index (χ3v) is 3.49. The maximum absolute atomic E-state index is 11.7. The zero-order valence-electron chi connectivity index (χ0n) is 12.5. The third kappa shape index (κ3) is 4.42. The zero-order valence-corrected chi connectivity index (χ0v) is 14.1. The normalized spacial score (nSPS) is 10.4. The summed E-state index contributed by atoms with van der Waals surface area (Å²) in [6.07, 6.45) is 0. The quantitative estimate of drug-likeness (QED) is 0.600. The van der Waals surface area contributed by atoms with Gasteiger partial charge in [0.15, 0.2) is 13.2 Å². The molecule has 0 N–H and O–H groups in total. The highest BCUT2D eigenvalue weighted by atomic mass is 79.9. The van der Waals surface area contributed by atoms with Gasteiger partial charge in [0, 0.05) is 10.0 Å². The monoisotopic (exact) mass is 388 g/mol. The molecule has 0 amide bonds. The molecule has 6 nitrogen and oxygen atoms in total. The summed E-state index contributed by atoms with van der Waals surface area (Å²) in [6.45, 7) is -0.295. The largest absolute Gasteiger partial charge is 0.482 e. The Labute approximate surface area is 146 Å². The molecule has 7 heteroatoms. The van der Waals surface area contributed by atoms with Crippen molar-refractivity contribution in [2.45, 2.75) is 6.61 Å². The van der Waals surface area contributed by atoms with Crippen molar-refractivity contribution in [1.82, 2.24) is 10.2 Å². The van der Waals surface area contributed by atoms with Crippen LogP contribution in [0.1, 0.15) is 5.89 Å². The number of carbonyl (C=O) groups excluding carboxylic acids is 1. The first kappa shape index (κ1) is 16.2. The van der Waals surface area contributed by atoms with Gasteiger partial charge >= 0.3 is 5.97 Å². The first-order chi connectivity index (χ1) is 11.7. The van der Waals surface area contributed by atoms with Gasteiger partial charge in [-0.25, -0.2) is 4.79 Å². The second-order valence-corrected chi connectivity index (χ2v) is 5.69. The Morgan fingerprint density at radius 2 is 1.92 bits per heavy atom. The van der Waals surface area contributed by atoms with Crippen LogP contribution in [-0.2, 0) is 16.1 Å². The lowest BCUT2D eigenvalue weighted by molar-refractivity contribution is -0.148. The van der Waals surface area contributed by atoms with E-state index in [1.165, 1.54) is 0 Å². The van der Waals surface area contributed by atoms with Crippen LogP contribution in [0.3, 0.4) is 0 Å². The SMILES string of the molecule is O=C(COc1cccc(Br)c1)OCc1nnc(-c2ccccc2)o1. The third-order valence-electron chi connectivity index (χ3n) is 3.00. The van der Waals surface area contributed by atoms with Gasteiger partial charge in [-0.2, -0.15) is 0 Å². The van der Waals surface area contributed by atoms with E-state index in [1.54, 1.807) is 12.1 Å². The van der Waals surface area contributed by atoms with E-state index >= 15 is 0 Å². The lowest BCUT2D eigenvalue weighted by atomic mass is 10.2. The molecule has 0 fully saturated rings. The molecule has 0 atom stereocenters. The van der Waals surface area contributed by atoms with Crippen LogP contribution in [0.5, 0.6) is 5.75 Å². The minimum Gasteiger partial charge on any atom is -0.482 e. The first-order valence-electron chi connectivity index (χ1n) is 7.12. The highest BCUT2D eigenvalue weighted by Crippen LogP contribution is 2.18. The van der Waals surface area contributed by atoms with E-state index in [1.807, 2.05) is 42.5 Å². The van der Waals surface area contributed by atoms with E-state index in [4.69, 9.17) is 13.9 Å². The van der Waals surface area contributed by atoms with Crippen LogP contribution in [0, 0.1) is 0 Å². The molecular formula is C17H13BrN2O4. The molecular weight excluding hydrogens is 376 g/mol. The van der Waals surface area contributed by atoms with Crippen LogP contribution in [0.4, 0.5) is 0 Å². The Balaban J connectivity index is 1.49. The Bertz CT molecular complexity index is 820. The van der Waals surface area contributed by atoms with Crippen LogP contribution in [0.2, 0.25) is 0 Å². The Morgan fingerprint density at radius 3 is 2.71 bits per heavy atom. The maximum atomic E-state index is 11.7. The first-order valence-corrected chi connectivity index (χ1v) is 7.92. The van der Waals surface area contributed by atoms with E-state index in [9.17, 15) is 4.79 Å². The molecule has 0 bridgehead atoms. The Hall–Kier alpha value is -2.67. The predicted molar refractivity (Wildman–Crippen MR) is 89.2 cm³/mol. The average Bonchev–Trinajstić information content (AvgIpc) is 3.08. The minimum atomic E-state index is -0.519. The molecule has 0 aliphatic rings. The summed E-state index contributed by atoms with van der Waals surface area (Å²) in [6, 6.07) is 16.5. The van der Waals surface area contributed by atoms with Crippen molar-refractivity contribution in [3.8, 4) is 17.2 Å².